The van der Waals surface area contributed by atoms with Crippen LogP contribution in [0.1, 0.15) is 25.7 Å². The Hall–Kier alpha value is -1.59. The van der Waals surface area contributed by atoms with E-state index in [1.165, 1.54) is 0 Å². The molecule has 1 aliphatic carbocycles. The number of nitrogens with zero attached hydrogens (tertiary/aromatic N) is 1. The van der Waals surface area contributed by atoms with Crippen LogP contribution in [-0.2, 0) is 4.79 Å². The molecule has 0 saturated heterocycles. The molecule has 1 saturated carbocycles. The monoisotopic (exact) mass is 291 g/mol. The van der Waals surface area contributed by atoms with E-state index < -0.39 is 0 Å². The first kappa shape index (κ1) is 15.8. The minimum atomic E-state index is -0.0903. The number of aliphatic hydroxyl groups is 1. The van der Waals surface area contributed by atoms with Crippen molar-refractivity contribution in [2.75, 3.05) is 31.2 Å². The van der Waals surface area contributed by atoms with Crippen LogP contribution < -0.4 is 11.1 Å². The maximum Gasteiger partial charge on any atom is 0.224 e. The molecule has 0 atom stereocenters. The van der Waals surface area contributed by atoms with Gasteiger partial charge in [-0.25, -0.2) is 0 Å². The average molecular weight is 291 g/mol. The molecule has 0 aromatic heterocycles. The molecule has 4 N–H and O–H groups in total. The second-order valence-electron chi connectivity index (χ2n) is 6.03. The van der Waals surface area contributed by atoms with Gasteiger partial charge in [-0.3, -0.25) is 4.79 Å². The summed E-state index contributed by atoms with van der Waals surface area (Å²) in [6, 6.07) is 7.21. The van der Waals surface area contributed by atoms with Gasteiger partial charge in [0.2, 0.25) is 5.91 Å². The zero-order valence-electron chi connectivity index (χ0n) is 12.6. The molecule has 21 heavy (non-hydrogen) atoms. The highest BCUT2D eigenvalue weighted by Crippen LogP contribution is 2.27. The van der Waals surface area contributed by atoms with Gasteiger partial charge in [-0.15, -0.1) is 0 Å². The third kappa shape index (κ3) is 5.36. The van der Waals surface area contributed by atoms with E-state index in [9.17, 15) is 9.90 Å². The summed E-state index contributed by atoms with van der Waals surface area (Å²) in [5.74, 6) is 0.638. The molecule has 0 heterocycles. The first-order chi connectivity index (χ1) is 10.0. The molecule has 1 amide bonds. The largest absolute Gasteiger partial charge is 0.399 e. The molecule has 0 spiro atoms. The van der Waals surface area contributed by atoms with Gasteiger partial charge in [-0.1, -0.05) is 6.07 Å². The number of nitrogen functional groups attached to an aromatic ring is 1. The highest BCUT2D eigenvalue weighted by Gasteiger charge is 2.27. The van der Waals surface area contributed by atoms with Crippen LogP contribution in [-0.4, -0.2) is 42.2 Å². The zero-order chi connectivity index (χ0) is 15.2. The Morgan fingerprint density at radius 1 is 1.48 bits per heavy atom. The Labute approximate surface area is 126 Å². The lowest BCUT2D eigenvalue weighted by Crippen LogP contribution is -2.37. The van der Waals surface area contributed by atoms with Gasteiger partial charge in [-0.2, -0.15) is 0 Å². The van der Waals surface area contributed by atoms with Crippen LogP contribution >= 0.6 is 0 Å². The Kier molecular flexibility index (Phi) is 5.59. The maximum atomic E-state index is 11.8. The quantitative estimate of drug-likeness (QED) is 0.668. The van der Waals surface area contributed by atoms with E-state index in [-0.39, 0.29) is 12.0 Å². The summed E-state index contributed by atoms with van der Waals surface area (Å²) in [5, 5.41) is 12.1. The van der Waals surface area contributed by atoms with Crippen LogP contribution in [0.2, 0.25) is 0 Å². The number of hydrogen-bond donors (Lipinski definition) is 3. The van der Waals surface area contributed by atoms with Gasteiger partial charge in [0.1, 0.15) is 0 Å². The molecule has 1 fully saturated rings. The molecule has 0 aliphatic heterocycles. The van der Waals surface area contributed by atoms with Crippen molar-refractivity contribution in [3.63, 3.8) is 0 Å². The van der Waals surface area contributed by atoms with Crippen molar-refractivity contribution >= 4 is 17.3 Å². The number of nitrogens with one attached hydrogen (secondary N) is 1. The molecule has 5 heteroatoms. The first-order valence-corrected chi connectivity index (χ1v) is 7.55. The third-order valence-corrected chi connectivity index (χ3v) is 3.89. The van der Waals surface area contributed by atoms with Gasteiger partial charge in [-0.05, 0) is 57.0 Å². The van der Waals surface area contributed by atoms with Crippen LogP contribution in [0, 0.1) is 5.92 Å². The molecule has 5 nitrogen and oxygen atoms in total. The van der Waals surface area contributed by atoms with Gasteiger partial charge in [0, 0.05) is 24.3 Å². The molecule has 0 radical (unpaired) electrons. The highest BCUT2D eigenvalue weighted by molar-refractivity contribution is 5.91. The summed E-state index contributed by atoms with van der Waals surface area (Å²) < 4.78 is 0. The van der Waals surface area contributed by atoms with Gasteiger partial charge >= 0.3 is 0 Å². The minimum absolute atomic E-state index is 0.0214. The standard InChI is InChI=1S/C16H25N3O2/c1-19(11-12-8-15(20)9-12)7-3-6-16(21)18-14-5-2-4-13(17)10-14/h2,4-5,10,12,15,20H,3,6-9,11,17H2,1H3,(H,18,21). The molecule has 1 aromatic rings. The van der Waals surface area contributed by atoms with Gasteiger partial charge in [0.15, 0.2) is 0 Å². The van der Waals surface area contributed by atoms with Crippen LogP contribution in [0.4, 0.5) is 11.4 Å². The second-order valence-corrected chi connectivity index (χ2v) is 6.03. The summed E-state index contributed by atoms with van der Waals surface area (Å²) in [6.45, 7) is 1.91. The van der Waals surface area contributed by atoms with Crippen molar-refractivity contribution < 1.29 is 9.90 Å². The molecule has 1 aliphatic rings. The smallest absolute Gasteiger partial charge is 0.224 e. The number of aliphatic hydroxyl groups excluding tert-OH is 1. The van der Waals surface area contributed by atoms with Gasteiger partial charge in [0.05, 0.1) is 6.10 Å². The van der Waals surface area contributed by atoms with Crippen LogP contribution in [0.15, 0.2) is 24.3 Å². The molecule has 116 valence electrons. The molecular weight excluding hydrogens is 266 g/mol. The highest BCUT2D eigenvalue weighted by atomic mass is 16.3. The minimum Gasteiger partial charge on any atom is -0.399 e. The predicted octanol–water partition coefficient (Wildman–Crippen LogP) is 1.69. The van der Waals surface area contributed by atoms with Crippen LogP contribution in [0.3, 0.4) is 0 Å². The maximum absolute atomic E-state index is 11.8. The second kappa shape index (κ2) is 7.43. The fraction of sp³-hybridized carbons (Fsp3) is 0.562. The predicted molar refractivity (Wildman–Crippen MR) is 84.9 cm³/mol. The summed E-state index contributed by atoms with van der Waals surface area (Å²) in [6.07, 6.45) is 3.08. The molecular formula is C16H25N3O2. The molecule has 0 unspecified atom stereocenters. The number of rotatable bonds is 7. The van der Waals surface area contributed by atoms with E-state index in [1.54, 1.807) is 12.1 Å². The van der Waals surface area contributed by atoms with E-state index in [1.807, 2.05) is 12.1 Å². The van der Waals surface area contributed by atoms with E-state index in [0.29, 0.717) is 18.0 Å². The summed E-state index contributed by atoms with van der Waals surface area (Å²) in [5.41, 5.74) is 7.07. The Balaban J connectivity index is 1.60. The normalized spacial score (nSPS) is 21.1. The number of amides is 1. The van der Waals surface area contributed by atoms with Crippen molar-refractivity contribution in [1.29, 1.82) is 0 Å². The van der Waals surface area contributed by atoms with Gasteiger partial charge in [0.25, 0.3) is 0 Å². The van der Waals surface area contributed by atoms with Crippen molar-refractivity contribution in [2.45, 2.75) is 31.8 Å². The lowest BCUT2D eigenvalue weighted by molar-refractivity contribution is -0.116. The Morgan fingerprint density at radius 2 is 2.24 bits per heavy atom. The topological polar surface area (TPSA) is 78.6 Å². The fourth-order valence-electron chi connectivity index (χ4n) is 2.73. The number of benzene rings is 1. The Bertz CT molecular complexity index is 472. The number of carbonyl (C=O) groups excluding carboxylic acids is 1. The molecule has 2 rings (SSSR count). The van der Waals surface area contributed by atoms with Crippen molar-refractivity contribution in [3.05, 3.63) is 24.3 Å². The Morgan fingerprint density at radius 3 is 2.90 bits per heavy atom. The molecule has 0 bridgehead atoms. The lowest BCUT2D eigenvalue weighted by Gasteiger charge is -2.34. The van der Waals surface area contributed by atoms with E-state index in [2.05, 4.69) is 17.3 Å². The zero-order valence-corrected chi connectivity index (χ0v) is 12.6. The first-order valence-electron chi connectivity index (χ1n) is 7.55. The number of hydrogen-bond acceptors (Lipinski definition) is 4. The van der Waals surface area contributed by atoms with E-state index in [4.69, 9.17) is 5.73 Å². The summed E-state index contributed by atoms with van der Waals surface area (Å²) in [7, 11) is 2.07. The van der Waals surface area contributed by atoms with E-state index >= 15 is 0 Å². The number of anilines is 2. The SMILES string of the molecule is CN(CCCC(=O)Nc1cccc(N)c1)CC1CC(O)C1. The van der Waals surface area contributed by atoms with Crippen molar-refractivity contribution in [1.82, 2.24) is 4.90 Å². The lowest BCUT2D eigenvalue weighted by atomic mass is 9.82. The van der Waals surface area contributed by atoms with E-state index in [0.717, 1.165) is 38.0 Å². The summed E-state index contributed by atoms with van der Waals surface area (Å²) >= 11 is 0. The number of carbonyl (C=O) groups is 1. The van der Waals surface area contributed by atoms with Crippen LogP contribution in [0.5, 0.6) is 0 Å². The van der Waals surface area contributed by atoms with Crippen molar-refractivity contribution in [3.8, 4) is 0 Å². The number of nitrogens with two attached hydrogens (primary N) is 1. The average Bonchev–Trinajstić information content (AvgIpc) is 2.36. The summed E-state index contributed by atoms with van der Waals surface area (Å²) in [4.78, 5) is 14.1. The molecule has 1 aromatic carbocycles. The van der Waals surface area contributed by atoms with Crippen molar-refractivity contribution in [2.24, 2.45) is 5.92 Å². The van der Waals surface area contributed by atoms with Crippen LogP contribution in [0.25, 0.3) is 0 Å². The van der Waals surface area contributed by atoms with Gasteiger partial charge < -0.3 is 21.1 Å². The third-order valence-electron chi connectivity index (χ3n) is 3.89. The fourth-order valence-corrected chi connectivity index (χ4v) is 2.73.